The number of imidazole rings is 1. The molecule has 160 valence electrons. The number of piperidine rings is 1. The third kappa shape index (κ3) is 3.64. The molecule has 0 atom stereocenters. The maximum atomic E-state index is 13.5. The zero-order chi connectivity index (χ0) is 21.6. The van der Waals surface area contributed by atoms with Crippen molar-refractivity contribution in [1.82, 2.24) is 23.8 Å². The molecule has 5 rings (SSSR count). The minimum Gasteiger partial charge on any atom is -0.346 e. The Morgan fingerprint density at radius 3 is 2.52 bits per heavy atom. The van der Waals surface area contributed by atoms with Crippen molar-refractivity contribution in [3.63, 3.8) is 0 Å². The van der Waals surface area contributed by atoms with Gasteiger partial charge in [-0.2, -0.15) is 0 Å². The number of rotatable bonds is 4. The van der Waals surface area contributed by atoms with Crippen molar-refractivity contribution in [3.05, 3.63) is 60.9 Å². The zero-order valence-corrected chi connectivity index (χ0v) is 17.8. The number of aromatic nitrogens is 4. The fourth-order valence-electron chi connectivity index (χ4n) is 4.34. The van der Waals surface area contributed by atoms with Gasteiger partial charge in [0.25, 0.3) is 0 Å². The number of pyridine rings is 1. The van der Waals surface area contributed by atoms with E-state index < -0.39 is 10.0 Å². The lowest BCUT2D eigenvalue weighted by molar-refractivity contribution is 0.276. The van der Waals surface area contributed by atoms with Gasteiger partial charge in [0.15, 0.2) is 0 Å². The summed E-state index contributed by atoms with van der Waals surface area (Å²) in [6, 6.07) is 10.4. The van der Waals surface area contributed by atoms with Crippen molar-refractivity contribution in [3.8, 4) is 22.5 Å². The lowest BCUT2D eigenvalue weighted by Crippen LogP contribution is -2.38. The molecular formula is C22H22FN5O2S. The van der Waals surface area contributed by atoms with Crippen LogP contribution in [-0.2, 0) is 10.0 Å². The predicted octanol–water partition coefficient (Wildman–Crippen LogP) is 3.83. The van der Waals surface area contributed by atoms with E-state index in [9.17, 15) is 12.8 Å². The molecule has 3 aromatic heterocycles. The first-order valence-corrected chi connectivity index (χ1v) is 12.0. The Balaban J connectivity index is 1.63. The summed E-state index contributed by atoms with van der Waals surface area (Å²) in [6.45, 7) is 0.950. The second-order valence-corrected chi connectivity index (χ2v) is 9.83. The molecule has 31 heavy (non-hydrogen) atoms. The molecule has 0 aliphatic carbocycles. The number of sulfonamides is 1. The summed E-state index contributed by atoms with van der Waals surface area (Å²) in [5.41, 5.74) is 4.27. The molecule has 0 amide bonds. The molecule has 4 heterocycles. The molecule has 0 saturated carbocycles. The fourth-order valence-corrected chi connectivity index (χ4v) is 5.22. The van der Waals surface area contributed by atoms with Gasteiger partial charge in [0.1, 0.15) is 11.5 Å². The lowest BCUT2D eigenvalue weighted by Gasteiger charge is -2.32. The Bertz CT molecular complexity index is 1340. The first-order chi connectivity index (χ1) is 14.9. The second-order valence-electron chi connectivity index (χ2n) is 7.85. The van der Waals surface area contributed by atoms with E-state index in [1.807, 2.05) is 24.7 Å². The van der Waals surface area contributed by atoms with E-state index in [-0.39, 0.29) is 11.9 Å². The molecule has 1 aliphatic heterocycles. The molecule has 7 nitrogen and oxygen atoms in total. The monoisotopic (exact) mass is 439 g/mol. The van der Waals surface area contributed by atoms with Gasteiger partial charge in [-0.05, 0) is 49.2 Å². The highest BCUT2D eigenvalue weighted by Gasteiger charge is 2.29. The smallest absolute Gasteiger partial charge is 0.211 e. The summed E-state index contributed by atoms with van der Waals surface area (Å²) in [5, 5.41) is 0.973. The van der Waals surface area contributed by atoms with Crippen LogP contribution >= 0.6 is 0 Å². The summed E-state index contributed by atoms with van der Waals surface area (Å²) < 4.78 is 41.0. The topological polar surface area (TPSA) is 83.9 Å². The summed E-state index contributed by atoms with van der Waals surface area (Å²) in [6.07, 6.45) is 8.06. The number of H-pyrrole nitrogens is 1. The highest BCUT2D eigenvalue weighted by Crippen LogP contribution is 2.38. The van der Waals surface area contributed by atoms with Gasteiger partial charge in [-0.1, -0.05) is 0 Å². The Morgan fingerprint density at radius 1 is 1.06 bits per heavy atom. The van der Waals surface area contributed by atoms with Crippen LogP contribution in [0.4, 0.5) is 4.39 Å². The summed E-state index contributed by atoms with van der Waals surface area (Å²) in [5.74, 6) is -0.296. The average molecular weight is 440 g/mol. The van der Waals surface area contributed by atoms with Gasteiger partial charge in [-0.25, -0.2) is 27.1 Å². The lowest BCUT2D eigenvalue weighted by atomic mass is 10.0. The zero-order valence-electron chi connectivity index (χ0n) is 17.0. The van der Waals surface area contributed by atoms with Crippen LogP contribution in [0.1, 0.15) is 18.9 Å². The fraction of sp³-hybridized carbons (Fsp3) is 0.273. The minimum atomic E-state index is -3.20. The Labute approximate surface area is 179 Å². The Morgan fingerprint density at radius 2 is 1.81 bits per heavy atom. The number of nitrogens with zero attached hydrogens (tertiary/aromatic N) is 4. The van der Waals surface area contributed by atoms with E-state index in [0.717, 1.165) is 33.5 Å². The van der Waals surface area contributed by atoms with Crippen molar-refractivity contribution in [2.75, 3.05) is 19.3 Å². The van der Waals surface area contributed by atoms with Gasteiger partial charge in [0.05, 0.1) is 24.0 Å². The first-order valence-electron chi connectivity index (χ1n) is 10.1. The first kappa shape index (κ1) is 19.9. The predicted molar refractivity (Wildman–Crippen MR) is 117 cm³/mol. The van der Waals surface area contributed by atoms with Crippen molar-refractivity contribution in [2.24, 2.45) is 0 Å². The van der Waals surface area contributed by atoms with Gasteiger partial charge in [0, 0.05) is 48.0 Å². The van der Waals surface area contributed by atoms with E-state index in [2.05, 4.69) is 14.5 Å². The van der Waals surface area contributed by atoms with Crippen LogP contribution in [0.25, 0.3) is 33.5 Å². The van der Waals surface area contributed by atoms with Gasteiger partial charge in [0.2, 0.25) is 10.0 Å². The molecule has 1 saturated heterocycles. The summed E-state index contributed by atoms with van der Waals surface area (Å²) >= 11 is 0. The van der Waals surface area contributed by atoms with Crippen molar-refractivity contribution < 1.29 is 12.8 Å². The molecule has 1 aromatic carbocycles. The molecular weight excluding hydrogens is 417 g/mol. The number of aromatic amines is 1. The Hall–Kier alpha value is -3.04. The molecule has 9 heteroatoms. The molecule has 0 unspecified atom stereocenters. The van der Waals surface area contributed by atoms with Gasteiger partial charge in [-0.3, -0.25) is 0 Å². The molecule has 4 aromatic rings. The number of hydrogen-bond donors (Lipinski definition) is 1. The SMILES string of the molecule is CS(=O)(=O)N1CCC(n2cnc(-c3ccc(F)cc3)c2-c2ccnc3[nH]ccc23)CC1. The molecule has 0 radical (unpaired) electrons. The van der Waals surface area contributed by atoms with Crippen LogP contribution in [0, 0.1) is 5.82 Å². The van der Waals surface area contributed by atoms with Gasteiger partial charge < -0.3 is 9.55 Å². The molecule has 1 fully saturated rings. The van der Waals surface area contributed by atoms with E-state index in [1.165, 1.54) is 22.7 Å². The average Bonchev–Trinajstić information content (AvgIpc) is 3.41. The number of fused-ring (bicyclic) bond motifs is 1. The maximum absolute atomic E-state index is 13.5. The highest BCUT2D eigenvalue weighted by molar-refractivity contribution is 7.88. The van der Waals surface area contributed by atoms with Crippen LogP contribution in [0.2, 0.25) is 0 Å². The summed E-state index contributed by atoms with van der Waals surface area (Å²) in [7, 11) is -3.20. The number of hydrogen-bond acceptors (Lipinski definition) is 4. The number of benzene rings is 1. The Kier molecular flexibility index (Phi) is 4.86. The normalized spacial score (nSPS) is 16.2. The summed E-state index contributed by atoms with van der Waals surface area (Å²) in [4.78, 5) is 12.2. The van der Waals surface area contributed by atoms with Crippen LogP contribution in [-0.4, -0.2) is 51.6 Å². The number of nitrogens with one attached hydrogen (secondary N) is 1. The third-order valence-corrected chi connectivity index (χ3v) is 7.22. The minimum absolute atomic E-state index is 0.108. The van der Waals surface area contributed by atoms with Gasteiger partial charge in [-0.15, -0.1) is 0 Å². The largest absolute Gasteiger partial charge is 0.346 e. The maximum Gasteiger partial charge on any atom is 0.211 e. The van der Waals surface area contributed by atoms with E-state index in [0.29, 0.717) is 25.9 Å². The second kappa shape index (κ2) is 7.58. The van der Waals surface area contributed by atoms with Crippen LogP contribution in [0.15, 0.2) is 55.1 Å². The van der Waals surface area contributed by atoms with E-state index >= 15 is 0 Å². The highest BCUT2D eigenvalue weighted by atomic mass is 32.2. The standard InChI is InChI=1S/C22H22FN5O2S/c1-31(29,30)27-12-8-17(9-13-27)28-14-26-20(15-2-4-16(23)5-3-15)21(28)18-6-10-24-22-19(18)7-11-25-22/h2-7,10-11,14,17H,8-9,12-13H2,1H3,(H,24,25). The molecule has 1 aliphatic rings. The number of halogens is 1. The molecule has 1 N–H and O–H groups in total. The van der Waals surface area contributed by atoms with Crippen molar-refractivity contribution in [1.29, 1.82) is 0 Å². The van der Waals surface area contributed by atoms with Crippen LogP contribution < -0.4 is 0 Å². The third-order valence-electron chi connectivity index (χ3n) is 5.91. The van der Waals surface area contributed by atoms with Crippen LogP contribution in [0.5, 0.6) is 0 Å². The van der Waals surface area contributed by atoms with Crippen molar-refractivity contribution in [2.45, 2.75) is 18.9 Å². The van der Waals surface area contributed by atoms with E-state index in [4.69, 9.17) is 4.98 Å². The van der Waals surface area contributed by atoms with Crippen molar-refractivity contribution >= 4 is 21.1 Å². The molecule has 0 spiro atoms. The molecule has 0 bridgehead atoms. The van der Waals surface area contributed by atoms with Crippen LogP contribution in [0.3, 0.4) is 0 Å². The van der Waals surface area contributed by atoms with Gasteiger partial charge >= 0.3 is 0 Å². The van der Waals surface area contributed by atoms with E-state index in [1.54, 1.807) is 18.3 Å². The quantitative estimate of drug-likeness (QED) is 0.524.